The van der Waals surface area contributed by atoms with E-state index in [1.807, 2.05) is 23.1 Å². The highest BCUT2D eigenvalue weighted by Gasteiger charge is 2.30. The normalized spacial score (nSPS) is 16.7. The van der Waals surface area contributed by atoms with Crippen molar-refractivity contribution in [3.63, 3.8) is 0 Å². The van der Waals surface area contributed by atoms with Crippen molar-refractivity contribution in [3.05, 3.63) is 57.5 Å². The van der Waals surface area contributed by atoms with E-state index in [1.54, 1.807) is 11.3 Å². The van der Waals surface area contributed by atoms with Gasteiger partial charge in [-0.15, -0.1) is 21.5 Å². The topological polar surface area (TPSA) is 54.3 Å². The molecule has 1 saturated carbocycles. The molecule has 2 aromatic heterocycles. The van der Waals surface area contributed by atoms with Gasteiger partial charge in [0.15, 0.2) is 5.16 Å². The number of rotatable bonds is 7. The lowest BCUT2D eigenvalue weighted by atomic mass is 10.2. The fraction of sp³-hybridized carbons (Fsp3) is 0.409. The molecule has 1 aliphatic heterocycles. The molecule has 2 aliphatic rings. The Morgan fingerprint density at radius 3 is 2.68 bits per heavy atom. The average molecular weight is 474 g/mol. The summed E-state index contributed by atoms with van der Waals surface area (Å²) >= 11 is 9.38. The highest BCUT2D eigenvalue weighted by molar-refractivity contribution is 7.99. The second-order valence-corrected chi connectivity index (χ2v) is 10.3. The van der Waals surface area contributed by atoms with Crippen LogP contribution in [0.3, 0.4) is 0 Å². The van der Waals surface area contributed by atoms with E-state index < -0.39 is 0 Å². The SMILES string of the molecule is O=C(CSc1nnc(Cc2cccs2)n1C1CC1)N1CCN(c2cccc(Cl)c2)CC1. The number of piperazine rings is 1. The number of nitrogens with zero attached hydrogens (tertiary/aromatic N) is 5. The van der Waals surface area contributed by atoms with Gasteiger partial charge in [-0.2, -0.15) is 0 Å². The first-order chi connectivity index (χ1) is 15.2. The number of benzene rings is 1. The van der Waals surface area contributed by atoms with Gasteiger partial charge in [-0.1, -0.05) is 35.5 Å². The summed E-state index contributed by atoms with van der Waals surface area (Å²) in [7, 11) is 0. The first kappa shape index (κ1) is 20.8. The van der Waals surface area contributed by atoms with Crippen LogP contribution in [0.4, 0.5) is 5.69 Å². The van der Waals surface area contributed by atoms with Gasteiger partial charge in [0.05, 0.1) is 5.75 Å². The lowest BCUT2D eigenvalue weighted by Crippen LogP contribution is -2.49. The summed E-state index contributed by atoms with van der Waals surface area (Å²) in [5.41, 5.74) is 1.12. The van der Waals surface area contributed by atoms with Crippen molar-refractivity contribution in [2.24, 2.45) is 0 Å². The zero-order valence-corrected chi connectivity index (χ0v) is 19.5. The van der Waals surface area contributed by atoms with Crippen molar-refractivity contribution in [2.75, 3.05) is 36.8 Å². The number of halogens is 1. The van der Waals surface area contributed by atoms with Gasteiger partial charge in [-0.3, -0.25) is 4.79 Å². The lowest BCUT2D eigenvalue weighted by Gasteiger charge is -2.36. The minimum atomic E-state index is 0.167. The number of carbonyl (C=O) groups excluding carboxylic acids is 1. The summed E-state index contributed by atoms with van der Waals surface area (Å²) in [6.45, 7) is 3.09. The molecule has 3 aromatic rings. The third kappa shape index (κ3) is 4.91. The largest absolute Gasteiger partial charge is 0.368 e. The molecule has 0 radical (unpaired) electrons. The quantitative estimate of drug-likeness (QED) is 0.477. The van der Waals surface area contributed by atoms with Crippen molar-refractivity contribution in [2.45, 2.75) is 30.5 Å². The first-order valence-electron chi connectivity index (χ1n) is 10.5. The molecule has 1 aromatic carbocycles. The van der Waals surface area contributed by atoms with Gasteiger partial charge >= 0.3 is 0 Å². The smallest absolute Gasteiger partial charge is 0.233 e. The molecule has 31 heavy (non-hydrogen) atoms. The zero-order valence-electron chi connectivity index (χ0n) is 17.1. The predicted molar refractivity (Wildman–Crippen MR) is 126 cm³/mol. The molecule has 162 valence electrons. The molecule has 3 heterocycles. The molecular weight excluding hydrogens is 450 g/mol. The maximum absolute atomic E-state index is 12.8. The van der Waals surface area contributed by atoms with E-state index in [2.05, 4.69) is 43.2 Å². The van der Waals surface area contributed by atoms with Crippen LogP contribution in [0, 0.1) is 0 Å². The summed E-state index contributed by atoms with van der Waals surface area (Å²) in [4.78, 5) is 18.4. The van der Waals surface area contributed by atoms with E-state index in [1.165, 1.54) is 29.5 Å². The van der Waals surface area contributed by atoms with E-state index in [9.17, 15) is 4.79 Å². The number of hydrogen-bond acceptors (Lipinski definition) is 6. The van der Waals surface area contributed by atoms with E-state index in [0.29, 0.717) is 11.8 Å². The summed E-state index contributed by atoms with van der Waals surface area (Å²) in [5, 5.41) is 12.6. The maximum atomic E-state index is 12.8. The molecule has 0 bridgehead atoms. The molecule has 5 rings (SSSR count). The number of aromatic nitrogens is 3. The third-order valence-corrected chi connectivity index (χ3v) is 7.73. The molecule has 1 aliphatic carbocycles. The number of thiophene rings is 1. The Labute approximate surface area is 195 Å². The maximum Gasteiger partial charge on any atom is 0.233 e. The van der Waals surface area contributed by atoms with Crippen LogP contribution >= 0.6 is 34.7 Å². The Bertz CT molecular complexity index is 1040. The van der Waals surface area contributed by atoms with Crippen LogP contribution in [0.2, 0.25) is 5.02 Å². The van der Waals surface area contributed by atoms with Crippen molar-refractivity contribution >= 4 is 46.3 Å². The van der Waals surface area contributed by atoms with Crippen LogP contribution in [-0.2, 0) is 11.2 Å². The number of amides is 1. The number of hydrogen-bond donors (Lipinski definition) is 0. The molecule has 0 N–H and O–H groups in total. The fourth-order valence-corrected chi connectivity index (χ4v) is 5.71. The van der Waals surface area contributed by atoms with E-state index in [0.717, 1.165) is 54.3 Å². The molecule has 6 nitrogen and oxygen atoms in total. The summed E-state index contributed by atoms with van der Waals surface area (Å²) in [5.74, 6) is 1.58. The van der Waals surface area contributed by atoms with Crippen LogP contribution in [0.5, 0.6) is 0 Å². The zero-order chi connectivity index (χ0) is 21.2. The van der Waals surface area contributed by atoms with Crippen molar-refractivity contribution < 1.29 is 4.79 Å². The second-order valence-electron chi connectivity index (χ2n) is 7.89. The Hall–Kier alpha value is -2.03. The van der Waals surface area contributed by atoms with Gasteiger partial charge in [-0.05, 0) is 42.5 Å². The highest BCUT2D eigenvalue weighted by atomic mass is 35.5. The molecule has 1 saturated heterocycles. The fourth-order valence-electron chi connectivity index (χ4n) is 3.90. The summed E-state index contributed by atoms with van der Waals surface area (Å²) in [6, 6.07) is 12.6. The van der Waals surface area contributed by atoms with Gasteiger partial charge in [0.2, 0.25) is 5.91 Å². The van der Waals surface area contributed by atoms with Gasteiger partial charge in [-0.25, -0.2) is 0 Å². The molecule has 2 fully saturated rings. The van der Waals surface area contributed by atoms with Crippen LogP contribution in [0.25, 0.3) is 0 Å². The molecular formula is C22H24ClN5OS2. The first-order valence-corrected chi connectivity index (χ1v) is 12.8. The number of thioether (sulfide) groups is 1. The van der Waals surface area contributed by atoms with E-state index >= 15 is 0 Å². The second kappa shape index (κ2) is 9.22. The Kier molecular flexibility index (Phi) is 6.20. The third-order valence-electron chi connectivity index (χ3n) is 5.69. The average Bonchev–Trinajstić information content (AvgIpc) is 3.34. The van der Waals surface area contributed by atoms with Crippen molar-refractivity contribution in [3.8, 4) is 0 Å². The highest BCUT2D eigenvalue weighted by Crippen LogP contribution is 2.39. The monoisotopic (exact) mass is 473 g/mol. The minimum Gasteiger partial charge on any atom is -0.368 e. The van der Waals surface area contributed by atoms with Gasteiger partial charge in [0, 0.05) is 54.2 Å². The van der Waals surface area contributed by atoms with Crippen LogP contribution in [0.1, 0.15) is 29.6 Å². The van der Waals surface area contributed by atoms with Crippen LogP contribution < -0.4 is 4.90 Å². The Morgan fingerprint density at radius 1 is 1.13 bits per heavy atom. The van der Waals surface area contributed by atoms with E-state index in [-0.39, 0.29) is 5.91 Å². The predicted octanol–water partition coefficient (Wildman–Crippen LogP) is 4.36. The number of anilines is 1. The molecule has 0 atom stereocenters. The molecule has 0 spiro atoms. The van der Waals surface area contributed by atoms with Crippen molar-refractivity contribution in [1.82, 2.24) is 19.7 Å². The van der Waals surface area contributed by atoms with Crippen molar-refractivity contribution in [1.29, 1.82) is 0 Å². The minimum absolute atomic E-state index is 0.167. The Morgan fingerprint density at radius 2 is 1.97 bits per heavy atom. The van der Waals surface area contributed by atoms with Gasteiger partial charge in [0.25, 0.3) is 0 Å². The lowest BCUT2D eigenvalue weighted by molar-refractivity contribution is -0.128. The number of carbonyl (C=O) groups is 1. The van der Waals surface area contributed by atoms with E-state index in [4.69, 9.17) is 11.6 Å². The molecule has 0 unspecified atom stereocenters. The van der Waals surface area contributed by atoms with Gasteiger partial charge < -0.3 is 14.4 Å². The summed E-state index contributed by atoms with van der Waals surface area (Å²) < 4.78 is 2.26. The van der Waals surface area contributed by atoms with Crippen LogP contribution in [-0.4, -0.2) is 57.5 Å². The summed E-state index contributed by atoms with van der Waals surface area (Å²) in [6.07, 6.45) is 3.14. The molecule has 9 heteroatoms. The van der Waals surface area contributed by atoms with Crippen LogP contribution in [0.15, 0.2) is 46.9 Å². The van der Waals surface area contributed by atoms with Gasteiger partial charge in [0.1, 0.15) is 5.82 Å². The Balaban J connectivity index is 1.17. The standard InChI is InChI=1S/C22H24ClN5OS2/c23-16-3-1-4-18(13-16)26-8-10-27(11-9-26)21(29)15-31-22-25-24-20(28(22)17-6-7-17)14-19-5-2-12-30-19/h1-5,12-13,17H,6-11,14-15H2. The molecule has 1 amide bonds.